The highest BCUT2D eigenvalue weighted by Gasteiger charge is 2.48. The average molecular weight is 429 g/mol. The summed E-state index contributed by atoms with van der Waals surface area (Å²) in [5, 5.41) is 2.57. The fourth-order valence-electron chi connectivity index (χ4n) is 3.75. The number of nitrogens with zero attached hydrogens (tertiary/aromatic N) is 2. The van der Waals surface area contributed by atoms with Crippen LogP contribution in [0, 0.1) is 0 Å². The molecule has 0 unspecified atom stereocenters. The van der Waals surface area contributed by atoms with Crippen LogP contribution in [0.15, 0.2) is 24.3 Å². The molecule has 1 heterocycles. The molecule has 1 aromatic carbocycles. The van der Waals surface area contributed by atoms with Crippen molar-refractivity contribution in [2.24, 2.45) is 0 Å². The summed E-state index contributed by atoms with van der Waals surface area (Å²) in [6, 6.07) is 5.08. The van der Waals surface area contributed by atoms with E-state index in [-0.39, 0.29) is 6.04 Å². The molecule has 1 N–H and O–H groups in total. The van der Waals surface area contributed by atoms with E-state index < -0.39 is 36.3 Å². The molecule has 0 spiro atoms. The van der Waals surface area contributed by atoms with Crippen LogP contribution in [-0.4, -0.2) is 58.7 Å². The molecule has 1 saturated heterocycles. The molecule has 166 valence electrons. The number of carbonyl (C=O) groups is 5. The highest BCUT2D eigenvalue weighted by Crippen LogP contribution is 2.26. The van der Waals surface area contributed by atoms with Crippen LogP contribution in [0.4, 0.5) is 10.5 Å². The summed E-state index contributed by atoms with van der Waals surface area (Å²) in [6.45, 7) is 1.80. The first kappa shape index (κ1) is 22.5. The number of urea groups is 1. The molecule has 3 rings (SSSR count). The second-order valence-electron chi connectivity index (χ2n) is 7.76. The van der Waals surface area contributed by atoms with Crippen LogP contribution in [0.3, 0.4) is 0 Å². The summed E-state index contributed by atoms with van der Waals surface area (Å²) in [7, 11) is 0. The van der Waals surface area contributed by atoms with E-state index in [9.17, 15) is 24.0 Å². The van der Waals surface area contributed by atoms with Gasteiger partial charge in [-0.15, -0.1) is 0 Å². The first-order chi connectivity index (χ1) is 14.9. The molecule has 0 radical (unpaired) electrons. The van der Waals surface area contributed by atoms with Crippen molar-refractivity contribution in [2.45, 2.75) is 57.9 Å². The van der Waals surface area contributed by atoms with Gasteiger partial charge in [-0.25, -0.2) is 14.5 Å². The van der Waals surface area contributed by atoms with E-state index in [2.05, 4.69) is 5.32 Å². The van der Waals surface area contributed by atoms with Gasteiger partial charge in [0.15, 0.2) is 0 Å². The molecule has 9 heteroatoms. The van der Waals surface area contributed by atoms with Crippen LogP contribution >= 0.6 is 0 Å². The molecule has 1 aliphatic heterocycles. The number of unbranched alkanes of at least 4 members (excludes halogenated alkanes) is 1. The first-order valence-corrected chi connectivity index (χ1v) is 10.7. The standard InChI is InChI=1S/C22H27N3O6/c1-2-3-13-31-21(29)15-9-11-16(12-10-15)23-18(26)14-24-19(27)20(28)25(22(24)30)17-7-5-4-6-8-17/h9-12,17H,2-8,13-14H2,1H3,(H,23,26). The number of rotatable bonds is 8. The van der Waals surface area contributed by atoms with Crippen molar-refractivity contribution in [3.8, 4) is 0 Å². The Balaban J connectivity index is 1.56. The Morgan fingerprint density at radius 3 is 2.35 bits per heavy atom. The molecule has 1 aliphatic carbocycles. The maximum absolute atomic E-state index is 12.6. The van der Waals surface area contributed by atoms with Gasteiger partial charge >= 0.3 is 23.8 Å². The Kier molecular flexibility index (Phi) is 7.38. The molecule has 5 amide bonds. The van der Waals surface area contributed by atoms with Gasteiger partial charge in [0.25, 0.3) is 0 Å². The number of esters is 1. The smallest absolute Gasteiger partial charge is 0.338 e. The Hall–Kier alpha value is -3.23. The Morgan fingerprint density at radius 2 is 1.71 bits per heavy atom. The maximum atomic E-state index is 12.6. The van der Waals surface area contributed by atoms with Gasteiger partial charge < -0.3 is 10.1 Å². The maximum Gasteiger partial charge on any atom is 0.338 e. The summed E-state index contributed by atoms with van der Waals surface area (Å²) in [6.07, 6.45) is 5.91. The fourth-order valence-corrected chi connectivity index (χ4v) is 3.75. The number of hydrogen-bond donors (Lipinski definition) is 1. The quantitative estimate of drug-likeness (QED) is 0.294. The summed E-state index contributed by atoms with van der Waals surface area (Å²) in [5.74, 6) is -2.90. The van der Waals surface area contributed by atoms with E-state index in [1.807, 2.05) is 6.92 Å². The number of ether oxygens (including phenoxy) is 1. The summed E-state index contributed by atoms with van der Waals surface area (Å²) >= 11 is 0. The zero-order valence-corrected chi connectivity index (χ0v) is 17.6. The second-order valence-corrected chi connectivity index (χ2v) is 7.76. The molecule has 2 fully saturated rings. The van der Waals surface area contributed by atoms with Crippen LogP contribution in [0.5, 0.6) is 0 Å². The van der Waals surface area contributed by atoms with Crippen molar-refractivity contribution >= 4 is 35.4 Å². The normalized spacial score (nSPS) is 17.3. The lowest BCUT2D eigenvalue weighted by Crippen LogP contribution is -2.43. The third-order valence-electron chi connectivity index (χ3n) is 5.46. The van der Waals surface area contributed by atoms with Gasteiger partial charge in [-0.3, -0.25) is 19.3 Å². The lowest BCUT2D eigenvalue weighted by Gasteiger charge is -2.28. The van der Waals surface area contributed by atoms with E-state index in [0.29, 0.717) is 35.6 Å². The molecule has 31 heavy (non-hydrogen) atoms. The number of nitrogens with one attached hydrogen (secondary N) is 1. The zero-order valence-electron chi connectivity index (χ0n) is 17.6. The molecule has 9 nitrogen and oxygen atoms in total. The van der Waals surface area contributed by atoms with Crippen molar-refractivity contribution in [1.29, 1.82) is 0 Å². The van der Waals surface area contributed by atoms with E-state index in [0.717, 1.165) is 37.0 Å². The van der Waals surface area contributed by atoms with Gasteiger partial charge in [0.1, 0.15) is 6.54 Å². The van der Waals surface area contributed by atoms with Gasteiger partial charge in [-0.05, 0) is 43.5 Å². The third kappa shape index (κ3) is 5.28. The molecule has 1 saturated carbocycles. The molecule has 0 aromatic heterocycles. The van der Waals surface area contributed by atoms with E-state index >= 15 is 0 Å². The molecular formula is C22H27N3O6. The van der Waals surface area contributed by atoms with Crippen molar-refractivity contribution in [3.63, 3.8) is 0 Å². The Bertz CT molecular complexity index is 861. The lowest BCUT2D eigenvalue weighted by atomic mass is 9.94. The van der Waals surface area contributed by atoms with Gasteiger partial charge in [-0.1, -0.05) is 32.6 Å². The van der Waals surface area contributed by atoms with Crippen molar-refractivity contribution in [3.05, 3.63) is 29.8 Å². The number of benzene rings is 1. The van der Waals surface area contributed by atoms with E-state index in [1.165, 1.54) is 24.3 Å². The van der Waals surface area contributed by atoms with Crippen LogP contribution in [0.2, 0.25) is 0 Å². The van der Waals surface area contributed by atoms with Crippen LogP contribution in [0.1, 0.15) is 62.2 Å². The zero-order chi connectivity index (χ0) is 22.4. The SMILES string of the molecule is CCCCOC(=O)c1ccc(NC(=O)CN2C(=O)C(=O)N(C3CCCCC3)C2=O)cc1. The number of imide groups is 2. The summed E-state index contributed by atoms with van der Waals surface area (Å²) < 4.78 is 5.13. The van der Waals surface area contributed by atoms with Crippen LogP contribution < -0.4 is 5.32 Å². The largest absolute Gasteiger partial charge is 0.462 e. The minimum absolute atomic E-state index is 0.282. The predicted molar refractivity (Wildman–Crippen MR) is 111 cm³/mol. The van der Waals surface area contributed by atoms with Crippen molar-refractivity contribution in [2.75, 3.05) is 18.5 Å². The van der Waals surface area contributed by atoms with Gasteiger partial charge in [-0.2, -0.15) is 0 Å². The monoisotopic (exact) mass is 429 g/mol. The third-order valence-corrected chi connectivity index (χ3v) is 5.46. The lowest BCUT2D eigenvalue weighted by molar-refractivity contribution is -0.144. The van der Waals surface area contributed by atoms with Gasteiger partial charge in [0.2, 0.25) is 5.91 Å². The first-order valence-electron chi connectivity index (χ1n) is 10.7. The summed E-state index contributed by atoms with van der Waals surface area (Å²) in [5.41, 5.74) is 0.748. The number of anilines is 1. The minimum atomic E-state index is -0.976. The summed E-state index contributed by atoms with van der Waals surface area (Å²) in [4.78, 5) is 63.2. The highest BCUT2D eigenvalue weighted by atomic mass is 16.5. The Labute approximate surface area is 180 Å². The van der Waals surface area contributed by atoms with E-state index in [4.69, 9.17) is 4.74 Å². The highest BCUT2D eigenvalue weighted by molar-refractivity contribution is 6.45. The molecule has 0 atom stereocenters. The Morgan fingerprint density at radius 1 is 1.03 bits per heavy atom. The van der Waals surface area contributed by atoms with E-state index in [1.54, 1.807) is 0 Å². The van der Waals surface area contributed by atoms with Gasteiger partial charge in [0, 0.05) is 11.7 Å². The van der Waals surface area contributed by atoms with Crippen LogP contribution in [-0.2, 0) is 19.1 Å². The van der Waals surface area contributed by atoms with Gasteiger partial charge in [0.05, 0.1) is 12.2 Å². The second kappa shape index (κ2) is 10.2. The average Bonchev–Trinajstić information content (AvgIpc) is 2.98. The molecular weight excluding hydrogens is 402 g/mol. The molecule has 1 aromatic rings. The fraction of sp³-hybridized carbons (Fsp3) is 0.500. The number of carbonyl (C=O) groups excluding carboxylic acids is 5. The topological polar surface area (TPSA) is 113 Å². The minimum Gasteiger partial charge on any atom is -0.462 e. The molecule has 0 bridgehead atoms. The molecule has 2 aliphatic rings. The number of hydrogen-bond acceptors (Lipinski definition) is 6. The van der Waals surface area contributed by atoms with Crippen LogP contribution in [0.25, 0.3) is 0 Å². The number of amides is 5. The van der Waals surface area contributed by atoms with Crippen molar-refractivity contribution < 1.29 is 28.7 Å². The predicted octanol–water partition coefficient (Wildman–Crippen LogP) is 2.71. The van der Waals surface area contributed by atoms with Crippen molar-refractivity contribution in [1.82, 2.24) is 9.80 Å².